The molecule has 3 aromatic rings. The van der Waals surface area contributed by atoms with Gasteiger partial charge < -0.3 is 14.2 Å². The third-order valence-electron chi connectivity index (χ3n) is 4.45. The van der Waals surface area contributed by atoms with E-state index in [1.165, 1.54) is 13.2 Å². The van der Waals surface area contributed by atoms with Gasteiger partial charge in [-0.2, -0.15) is 4.98 Å². The Kier molecular flexibility index (Phi) is 5.24. The molecule has 0 unspecified atom stereocenters. The number of ether oxygens (including phenoxy) is 1. The van der Waals surface area contributed by atoms with Crippen molar-refractivity contribution in [2.75, 3.05) is 24.9 Å². The minimum atomic E-state index is -3.83. The Bertz CT molecular complexity index is 1130. The first kappa shape index (κ1) is 19.4. The number of rotatable bonds is 6. The highest BCUT2D eigenvalue weighted by molar-refractivity contribution is 7.94. The molecule has 29 heavy (non-hydrogen) atoms. The fraction of sp³-hybridized carbons (Fsp3) is 0.278. The Morgan fingerprint density at radius 2 is 2.03 bits per heavy atom. The number of hydrogen-bond acceptors (Lipinski definition) is 8. The van der Waals surface area contributed by atoms with Crippen LogP contribution in [-0.4, -0.2) is 49.6 Å². The second-order valence-corrected chi connectivity index (χ2v) is 9.20. The highest BCUT2D eigenvalue weighted by atomic mass is 32.2. The minimum absolute atomic E-state index is 0.0793. The van der Waals surface area contributed by atoms with E-state index in [-0.39, 0.29) is 21.8 Å². The number of aromatic nitrogens is 2. The minimum Gasteiger partial charge on any atom is -0.495 e. The number of hydrogen-bond donors (Lipinski definition) is 1. The van der Waals surface area contributed by atoms with Gasteiger partial charge in [0.15, 0.2) is 0 Å². The molecule has 1 saturated heterocycles. The van der Waals surface area contributed by atoms with Gasteiger partial charge in [-0.1, -0.05) is 17.3 Å². The van der Waals surface area contributed by atoms with Gasteiger partial charge in [0.05, 0.1) is 12.8 Å². The average molecular weight is 434 g/mol. The number of nitrogens with zero attached hydrogens (tertiary/aromatic N) is 3. The van der Waals surface area contributed by atoms with Crippen molar-refractivity contribution in [2.24, 2.45) is 0 Å². The number of carbonyl (C=O) groups excluding carboxylic acids is 1. The summed E-state index contributed by atoms with van der Waals surface area (Å²) < 4.78 is 38.3. The fourth-order valence-electron chi connectivity index (χ4n) is 2.98. The van der Waals surface area contributed by atoms with Gasteiger partial charge in [0, 0.05) is 24.0 Å². The first-order chi connectivity index (χ1) is 14.0. The summed E-state index contributed by atoms with van der Waals surface area (Å²) in [4.78, 5) is 18.1. The summed E-state index contributed by atoms with van der Waals surface area (Å²) in [5, 5.41) is 5.43. The van der Waals surface area contributed by atoms with Crippen LogP contribution in [0.25, 0.3) is 11.4 Å². The summed E-state index contributed by atoms with van der Waals surface area (Å²) in [6.07, 6.45) is 1.91. The normalized spacial score (nSPS) is 14.2. The van der Waals surface area contributed by atoms with Gasteiger partial charge in [-0.3, -0.25) is 9.52 Å². The number of amides is 1. The van der Waals surface area contributed by atoms with Crippen molar-refractivity contribution in [3.05, 3.63) is 41.6 Å². The molecular weight excluding hydrogens is 416 g/mol. The van der Waals surface area contributed by atoms with Gasteiger partial charge in [-0.15, -0.1) is 11.3 Å². The third kappa shape index (κ3) is 3.96. The quantitative estimate of drug-likeness (QED) is 0.634. The second kappa shape index (κ2) is 7.84. The van der Waals surface area contributed by atoms with E-state index in [4.69, 9.17) is 9.26 Å². The number of methoxy groups -OCH3 is 1. The second-order valence-electron chi connectivity index (χ2n) is 6.38. The van der Waals surface area contributed by atoms with Gasteiger partial charge in [-0.05, 0) is 31.0 Å². The predicted molar refractivity (Wildman–Crippen MR) is 107 cm³/mol. The molecule has 0 aliphatic carbocycles. The van der Waals surface area contributed by atoms with Gasteiger partial charge in [0.2, 0.25) is 5.82 Å². The van der Waals surface area contributed by atoms with E-state index in [0.29, 0.717) is 30.1 Å². The number of thiophene rings is 1. The van der Waals surface area contributed by atoms with Crippen LogP contribution in [0.2, 0.25) is 0 Å². The molecule has 3 heterocycles. The molecule has 0 atom stereocenters. The maximum absolute atomic E-state index is 12.7. The van der Waals surface area contributed by atoms with Gasteiger partial charge in [-0.25, -0.2) is 8.42 Å². The van der Waals surface area contributed by atoms with Crippen LogP contribution in [-0.2, 0) is 10.0 Å². The van der Waals surface area contributed by atoms with Crippen LogP contribution >= 0.6 is 11.3 Å². The predicted octanol–water partition coefficient (Wildman–Crippen LogP) is 2.84. The Morgan fingerprint density at radius 1 is 1.28 bits per heavy atom. The van der Waals surface area contributed by atoms with Crippen LogP contribution in [0.1, 0.15) is 23.5 Å². The van der Waals surface area contributed by atoms with E-state index < -0.39 is 10.0 Å². The van der Waals surface area contributed by atoms with Crippen molar-refractivity contribution in [3.63, 3.8) is 0 Å². The van der Waals surface area contributed by atoms with Crippen LogP contribution in [0.3, 0.4) is 0 Å². The lowest BCUT2D eigenvalue weighted by atomic mass is 10.3. The molecule has 0 saturated carbocycles. The van der Waals surface area contributed by atoms with Crippen LogP contribution in [0.5, 0.6) is 5.75 Å². The third-order valence-corrected chi connectivity index (χ3v) is 7.26. The molecule has 1 aliphatic rings. The van der Waals surface area contributed by atoms with Crippen LogP contribution in [0.4, 0.5) is 5.69 Å². The highest BCUT2D eigenvalue weighted by Gasteiger charge is 2.26. The number of para-hydroxylation sites is 2. The van der Waals surface area contributed by atoms with E-state index >= 15 is 0 Å². The molecule has 0 bridgehead atoms. The Labute approximate surface area is 171 Å². The summed E-state index contributed by atoms with van der Waals surface area (Å²) in [5.41, 5.74) is 0.794. The van der Waals surface area contributed by atoms with Crippen LogP contribution in [0.15, 0.2) is 44.4 Å². The molecule has 2 aromatic heterocycles. The molecule has 1 fully saturated rings. The Hall–Kier alpha value is -2.92. The first-order valence-electron chi connectivity index (χ1n) is 8.85. The number of anilines is 1. The van der Waals surface area contributed by atoms with Gasteiger partial charge >= 0.3 is 11.8 Å². The standard InChI is InChI=1S/C18H18N4O5S2/c1-26-14-7-3-2-6-13(14)21-29(24,25)15-10-12(11-28-15)16-19-17(27-20-16)18(23)22-8-4-5-9-22/h2-3,6-7,10-11,21H,4-5,8-9H2,1H3. The largest absolute Gasteiger partial charge is 0.495 e. The molecule has 1 aliphatic heterocycles. The molecule has 0 spiro atoms. The van der Waals surface area contributed by atoms with Gasteiger partial charge in [0.1, 0.15) is 9.96 Å². The molecule has 1 amide bonds. The lowest BCUT2D eigenvalue weighted by molar-refractivity contribution is 0.0743. The highest BCUT2D eigenvalue weighted by Crippen LogP contribution is 2.31. The summed E-state index contributed by atoms with van der Waals surface area (Å²) in [6.45, 7) is 1.35. The molecule has 9 nitrogen and oxygen atoms in total. The monoisotopic (exact) mass is 434 g/mol. The fourth-order valence-corrected chi connectivity index (χ4v) is 5.21. The van der Waals surface area contributed by atoms with E-state index in [1.54, 1.807) is 34.5 Å². The summed E-state index contributed by atoms with van der Waals surface area (Å²) in [5.74, 6) is 0.186. The van der Waals surface area contributed by atoms with Crippen molar-refractivity contribution in [2.45, 2.75) is 17.1 Å². The molecule has 152 valence electrons. The smallest absolute Gasteiger partial charge is 0.316 e. The van der Waals surface area contributed by atoms with Gasteiger partial charge in [0.25, 0.3) is 10.0 Å². The van der Waals surface area contributed by atoms with Crippen molar-refractivity contribution in [1.29, 1.82) is 0 Å². The average Bonchev–Trinajstić information content (AvgIpc) is 3.49. The molecule has 11 heteroatoms. The Balaban J connectivity index is 1.54. The SMILES string of the molecule is COc1ccccc1NS(=O)(=O)c1cc(-c2noc(C(=O)N3CCCC3)n2)cs1. The molecule has 1 N–H and O–H groups in total. The lowest BCUT2D eigenvalue weighted by Gasteiger charge is -2.10. The summed E-state index contributed by atoms with van der Waals surface area (Å²) >= 11 is 1.02. The topological polar surface area (TPSA) is 115 Å². The van der Waals surface area contributed by atoms with Crippen LogP contribution in [0, 0.1) is 0 Å². The molecular formula is C18H18N4O5S2. The number of likely N-dealkylation sites (tertiary alicyclic amines) is 1. The van der Waals surface area contributed by atoms with Crippen molar-refractivity contribution in [3.8, 4) is 17.1 Å². The maximum Gasteiger partial charge on any atom is 0.316 e. The maximum atomic E-state index is 12.7. The van der Waals surface area contributed by atoms with E-state index in [0.717, 1.165) is 24.2 Å². The van der Waals surface area contributed by atoms with E-state index in [2.05, 4.69) is 14.9 Å². The first-order valence-corrected chi connectivity index (χ1v) is 11.2. The molecule has 0 radical (unpaired) electrons. The van der Waals surface area contributed by atoms with Crippen molar-refractivity contribution in [1.82, 2.24) is 15.0 Å². The zero-order valence-corrected chi connectivity index (χ0v) is 17.1. The molecule has 1 aromatic carbocycles. The van der Waals surface area contributed by atoms with Crippen LogP contribution < -0.4 is 9.46 Å². The van der Waals surface area contributed by atoms with E-state index in [1.807, 2.05) is 0 Å². The summed E-state index contributed by atoms with van der Waals surface area (Å²) in [7, 11) is -2.36. The number of nitrogens with one attached hydrogen (secondary N) is 1. The molecule has 4 rings (SSSR count). The number of carbonyl (C=O) groups is 1. The lowest BCUT2D eigenvalue weighted by Crippen LogP contribution is -2.27. The zero-order valence-electron chi connectivity index (χ0n) is 15.5. The zero-order chi connectivity index (χ0) is 20.4. The number of benzene rings is 1. The van der Waals surface area contributed by atoms with E-state index in [9.17, 15) is 13.2 Å². The summed E-state index contributed by atoms with van der Waals surface area (Å²) in [6, 6.07) is 8.17. The number of sulfonamides is 1. The Morgan fingerprint density at radius 3 is 2.79 bits per heavy atom. The van der Waals surface area contributed by atoms with Crippen molar-refractivity contribution >= 4 is 33.0 Å². The van der Waals surface area contributed by atoms with Crippen molar-refractivity contribution < 1.29 is 22.5 Å².